The van der Waals surface area contributed by atoms with Gasteiger partial charge in [0, 0.05) is 10.2 Å². The second kappa shape index (κ2) is 3.86. The zero-order chi connectivity index (χ0) is 11.9. The Morgan fingerprint density at radius 2 is 2.25 bits per heavy atom. The molecule has 0 fully saturated rings. The molecule has 0 saturated heterocycles. The lowest BCUT2D eigenvalue weighted by atomic mass is 10.2. The first-order chi connectivity index (χ1) is 7.54. The molecular formula is C10H10BrN3O2. The fourth-order valence-corrected chi connectivity index (χ4v) is 2.29. The van der Waals surface area contributed by atoms with Crippen molar-refractivity contribution in [2.75, 3.05) is 0 Å². The van der Waals surface area contributed by atoms with Crippen molar-refractivity contribution in [1.82, 2.24) is 9.61 Å². The molecule has 0 bridgehead atoms. The summed E-state index contributed by atoms with van der Waals surface area (Å²) in [6.45, 7) is 3.73. The molecule has 2 heterocycles. The van der Waals surface area contributed by atoms with Crippen LogP contribution >= 0.6 is 15.9 Å². The van der Waals surface area contributed by atoms with Crippen molar-refractivity contribution in [1.29, 1.82) is 0 Å². The lowest BCUT2D eigenvalue weighted by Crippen LogP contribution is -1.93. The van der Waals surface area contributed by atoms with Gasteiger partial charge in [-0.25, -0.2) is 4.52 Å². The maximum atomic E-state index is 11.0. The average Bonchev–Trinajstić information content (AvgIpc) is 2.56. The van der Waals surface area contributed by atoms with Gasteiger partial charge >= 0.3 is 5.69 Å². The Kier molecular flexibility index (Phi) is 2.67. The number of aromatic nitrogens is 2. The van der Waals surface area contributed by atoms with Gasteiger partial charge < -0.3 is 0 Å². The standard InChI is InChI=1S/C10H10BrN3O2/c1-3-8-10(14(15)16)9-5-7(11)4-6(2)13(9)12-8/h4-5H,3H2,1-2H3. The largest absolute Gasteiger partial charge is 0.317 e. The number of nitrogens with zero attached hydrogens (tertiary/aromatic N) is 3. The molecule has 0 saturated carbocycles. The van der Waals surface area contributed by atoms with E-state index in [0.29, 0.717) is 17.6 Å². The Hall–Kier alpha value is -1.43. The molecule has 0 atom stereocenters. The van der Waals surface area contributed by atoms with Gasteiger partial charge in [-0.05, 0) is 25.5 Å². The van der Waals surface area contributed by atoms with Gasteiger partial charge in [0.05, 0.1) is 4.92 Å². The Morgan fingerprint density at radius 3 is 2.81 bits per heavy atom. The highest BCUT2D eigenvalue weighted by atomic mass is 79.9. The Labute approximate surface area is 100 Å². The zero-order valence-corrected chi connectivity index (χ0v) is 10.5. The van der Waals surface area contributed by atoms with Crippen LogP contribution in [0.25, 0.3) is 5.52 Å². The van der Waals surface area contributed by atoms with Crippen molar-refractivity contribution in [3.8, 4) is 0 Å². The Balaban J connectivity index is 2.89. The normalized spacial score (nSPS) is 10.9. The summed E-state index contributed by atoms with van der Waals surface area (Å²) < 4.78 is 2.44. The lowest BCUT2D eigenvalue weighted by molar-refractivity contribution is -0.383. The third-order valence-electron chi connectivity index (χ3n) is 2.44. The maximum absolute atomic E-state index is 11.0. The van der Waals surface area contributed by atoms with Gasteiger partial charge in [0.15, 0.2) is 0 Å². The van der Waals surface area contributed by atoms with Crippen molar-refractivity contribution >= 4 is 27.1 Å². The van der Waals surface area contributed by atoms with E-state index in [1.807, 2.05) is 19.9 Å². The summed E-state index contributed by atoms with van der Waals surface area (Å²) in [4.78, 5) is 10.6. The van der Waals surface area contributed by atoms with Crippen molar-refractivity contribution in [2.45, 2.75) is 20.3 Å². The van der Waals surface area contributed by atoms with Crippen LogP contribution in [0.3, 0.4) is 0 Å². The molecule has 0 amide bonds. The molecule has 0 aliphatic heterocycles. The van der Waals surface area contributed by atoms with Crippen molar-refractivity contribution in [3.63, 3.8) is 0 Å². The summed E-state index contributed by atoms with van der Waals surface area (Å²) in [6, 6.07) is 3.60. The van der Waals surface area contributed by atoms with Gasteiger partial charge in [-0.15, -0.1) is 0 Å². The maximum Gasteiger partial charge on any atom is 0.317 e. The second-order valence-corrected chi connectivity index (χ2v) is 4.43. The highest BCUT2D eigenvalue weighted by Crippen LogP contribution is 2.28. The number of halogens is 1. The molecule has 0 N–H and O–H groups in total. The summed E-state index contributed by atoms with van der Waals surface area (Å²) >= 11 is 3.33. The molecule has 2 rings (SSSR count). The van der Waals surface area contributed by atoms with Crippen LogP contribution in [0.15, 0.2) is 16.6 Å². The van der Waals surface area contributed by atoms with Gasteiger partial charge in [-0.2, -0.15) is 5.10 Å². The van der Waals surface area contributed by atoms with E-state index in [1.54, 1.807) is 10.6 Å². The fourth-order valence-electron chi connectivity index (χ4n) is 1.74. The molecule has 0 spiro atoms. The van der Waals surface area contributed by atoms with E-state index in [0.717, 1.165) is 10.2 Å². The molecule has 84 valence electrons. The van der Waals surface area contributed by atoms with Gasteiger partial charge in [0.1, 0.15) is 11.2 Å². The van der Waals surface area contributed by atoms with Crippen LogP contribution < -0.4 is 0 Å². The third-order valence-corrected chi connectivity index (χ3v) is 2.90. The van der Waals surface area contributed by atoms with E-state index < -0.39 is 0 Å². The first-order valence-electron chi connectivity index (χ1n) is 4.86. The van der Waals surface area contributed by atoms with E-state index >= 15 is 0 Å². The van der Waals surface area contributed by atoms with Crippen LogP contribution in [-0.4, -0.2) is 14.5 Å². The fraction of sp³-hybridized carbons (Fsp3) is 0.300. The smallest absolute Gasteiger partial charge is 0.258 e. The molecule has 2 aromatic rings. The zero-order valence-electron chi connectivity index (χ0n) is 8.90. The van der Waals surface area contributed by atoms with E-state index in [9.17, 15) is 10.1 Å². The minimum Gasteiger partial charge on any atom is -0.258 e. The minimum atomic E-state index is -0.368. The minimum absolute atomic E-state index is 0.104. The molecule has 0 unspecified atom stereocenters. The number of hydrogen-bond acceptors (Lipinski definition) is 3. The predicted molar refractivity (Wildman–Crippen MR) is 63.7 cm³/mol. The first kappa shape index (κ1) is 11.1. The third kappa shape index (κ3) is 1.59. The van der Waals surface area contributed by atoms with Crippen LogP contribution in [0.4, 0.5) is 5.69 Å². The van der Waals surface area contributed by atoms with Gasteiger partial charge in [-0.3, -0.25) is 10.1 Å². The van der Waals surface area contributed by atoms with Crippen LogP contribution in [-0.2, 0) is 6.42 Å². The summed E-state index contributed by atoms with van der Waals surface area (Å²) in [5.41, 5.74) is 2.03. The van der Waals surface area contributed by atoms with Crippen LogP contribution in [0.1, 0.15) is 18.3 Å². The Morgan fingerprint density at radius 1 is 1.56 bits per heavy atom. The van der Waals surface area contributed by atoms with Crippen LogP contribution in [0, 0.1) is 17.0 Å². The number of pyridine rings is 1. The molecule has 2 aromatic heterocycles. The molecular weight excluding hydrogens is 274 g/mol. The number of aryl methyl sites for hydroxylation is 2. The number of hydrogen-bond donors (Lipinski definition) is 0. The highest BCUT2D eigenvalue weighted by Gasteiger charge is 2.22. The second-order valence-electron chi connectivity index (χ2n) is 3.52. The topological polar surface area (TPSA) is 60.4 Å². The van der Waals surface area contributed by atoms with Gasteiger partial charge in [0.2, 0.25) is 0 Å². The first-order valence-corrected chi connectivity index (χ1v) is 5.66. The summed E-state index contributed by atoms with van der Waals surface area (Å²) in [5, 5.41) is 15.3. The molecule has 0 aromatic carbocycles. The predicted octanol–water partition coefficient (Wildman–Crippen LogP) is 2.88. The number of rotatable bonds is 2. The van der Waals surface area contributed by atoms with Crippen molar-refractivity contribution in [2.24, 2.45) is 0 Å². The SMILES string of the molecule is CCc1nn2c(C)cc(Br)cc2c1[N+](=O)[O-]. The summed E-state index contributed by atoms with van der Waals surface area (Å²) in [6.07, 6.45) is 0.551. The number of fused-ring (bicyclic) bond motifs is 1. The molecule has 0 aliphatic rings. The van der Waals surface area contributed by atoms with Crippen LogP contribution in [0.2, 0.25) is 0 Å². The Bertz CT molecular complexity index is 577. The molecule has 5 nitrogen and oxygen atoms in total. The molecule has 0 aliphatic carbocycles. The van der Waals surface area contributed by atoms with Gasteiger partial charge in [0.25, 0.3) is 0 Å². The van der Waals surface area contributed by atoms with Crippen molar-refractivity contribution < 1.29 is 4.92 Å². The molecule has 0 radical (unpaired) electrons. The van der Waals surface area contributed by atoms with E-state index in [-0.39, 0.29) is 10.6 Å². The van der Waals surface area contributed by atoms with Gasteiger partial charge in [-0.1, -0.05) is 22.9 Å². The lowest BCUT2D eigenvalue weighted by Gasteiger charge is -1.98. The average molecular weight is 284 g/mol. The van der Waals surface area contributed by atoms with E-state index in [1.165, 1.54) is 0 Å². The highest BCUT2D eigenvalue weighted by molar-refractivity contribution is 9.10. The quantitative estimate of drug-likeness (QED) is 0.629. The van der Waals surface area contributed by atoms with Crippen molar-refractivity contribution in [3.05, 3.63) is 38.1 Å². The summed E-state index contributed by atoms with van der Waals surface area (Å²) in [5.74, 6) is 0. The molecule has 16 heavy (non-hydrogen) atoms. The monoisotopic (exact) mass is 283 g/mol. The van der Waals surface area contributed by atoms with E-state index in [4.69, 9.17) is 0 Å². The molecule has 6 heteroatoms. The van der Waals surface area contributed by atoms with E-state index in [2.05, 4.69) is 21.0 Å². The van der Waals surface area contributed by atoms with Crippen LogP contribution in [0.5, 0.6) is 0 Å². The summed E-state index contributed by atoms with van der Waals surface area (Å²) in [7, 11) is 0. The number of nitro groups is 1.